The Bertz CT molecular complexity index is 886. The molecule has 0 radical (unpaired) electrons. The summed E-state index contributed by atoms with van der Waals surface area (Å²) in [7, 11) is 1.59. The van der Waals surface area contributed by atoms with Gasteiger partial charge in [-0.1, -0.05) is 24.3 Å². The molecular weight excluding hydrogens is 280 g/mol. The van der Waals surface area contributed by atoms with Gasteiger partial charge in [-0.3, -0.25) is 10.2 Å². The van der Waals surface area contributed by atoms with E-state index in [-0.39, 0.29) is 11.4 Å². The van der Waals surface area contributed by atoms with Crippen molar-refractivity contribution in [3.05, 3.63) is 64.4 Å². The summed E-state index contributed by atoms with van der Waals surface area (Å²) < 4.78 is 5.23. The van der Waals surface area contributed by atoms with Gasteiger partial charge in [0.15, 0.2) is 0 Å². The van der Waals surface area contributed by atoms with E-state index >= 15 is 0 Å². The number of nitrogens with zero attached hydrogens (tertiary/aromatic N) is 2. The monoisotopic (exact) mass is 294 g/mol. The molecule has 0 aliphatic rings. The Morgan fingerprint density at radius 2 is 1.95 bits per heavy atom. The maximum absolute atomic E-state index is 11.9. The molecule has 1 heterocycles. The van der Waals surface area contributed by atoms with Crippen molar-refractivity contribution in [2.45, 2.75) is 0 Å². The fourth-order valence-electron chi connectivity index (χ4n) is 2.04. The number of ether oxygens (including phenoxy) is 1. The Balaban J connectivity index is 1.86. The van der Waals surface area contributed by atoms with Crippen LogP contribution < -0.4 is 15.7 Å². The van der Waals surface area contributed by atoms with Crippen molar-refractivity contribution >= 4 is 23.1 Å². The van der Waals surface area contributed by atoms with Crippen LogP contribution >= 0.6 is 0 Å². The largest absolute Gasteiger partial charge is 0.496 e. The molecule has 0 fully saturated rings. The Labute approximate surface area is 126 Å². The summed E-state index contributed by atoms with van der Waals surface area (Å²) in [6.07, 6.45) is 1.58. The first-order chi connectivity index (χ1) is 10.8. The molecule has 0 amide bonds. The lowest BCUT2D eigenvalue weighted by Gasteiger charge is -2.03. The van der Waals surface area contributed by atoms with E-state index in [9.17, 15) is 4.79 Å². The van der Waals surface area contributed by atoms with E-state index in [1.807, 2.05) is 42.5 Å². The molecule has 110 valence electrons. The van der Waals surface area contributed by atoms with Crippen LogP contribution in [-0.2, 0) is 0 Å². The van der Waals surface area contributed by atoms with E-state index in [0.29, 0.717) is 16.8 Å². The molecule has 2 N–H and O–H groups in total. The molecule has 0 aliphatic heterocycles. The van der Waals surface area contributed by atoms with Crippen molar-refractivity contribution in [3.63, 3.8) is 0 Å². The number of hydrazone groups is 1. The zero-order valence-corrected chi connectivity index (χ0v) is 11.9. The number of methoxy groups -OCH3 is 1. The molecule has 0 bridgehead atoms. The van der Waals surface area contributed by atoms with Crippen molar-refractivity contribution in [1.82, 2.24) is 9.97 Å². The molecule has 6 heteroatoms. The molecule has 0 atom stereocenters. The van der Waals surface area contributed by atoms with E-state index in [2.05, 4.69) is 20.5 Å². The lowest BCUT2D eigenvalue weighted by molar-refractivity contribution is 0.414. The van der Waals surface area contributed by atoms with Crippen molar-refractivity contribution in [1.29, 1.82) is 0 Å². The summed E-state index contributed by atoms with van der Waals surface area (Å²) in [5.41, 5.74) is 4.52. The third kappa shape index (κ3) is 2.80. The van der Waals surface area contributed by atoms with Crippen LogP contribution in [0.3, 0.4) is 0 Å². The molecular formula is C16H14N4O2. The molecule has 22 heavy (non-hydrogen) atoms. The number of nitrogens with one attached hydrogen (secondary N) is 2. The maximum Gasteiger partial charge on any atom is 0.293 e. The lowest BCUT2D eigenvalue weighted by Crippen LogP contribution is -2.13. The summed E-state index contributed by atoms with van der Waals surface area (Å²) in [4.78, 5) is 18.9. The number of hydrogen-bond acceptors (Lipinski definition) is 5. The fraction of sp³-hybridized carbons (Fsp3) is 0.0625. The third-order valence-corrected chi connectivity index (χ3v) is 3.11. The standard InChI is InChI=1S/C16H14N4O2/c1-22-14-9-5-2-6-11(14)10-17-20-15-16(21)19-13-8-4-3-7-12(13)18-15/h2-10H,1H3,(H,18,20)(H,19,21)/b17-10+. The van der Waals surface area contributed by atoms with Crippen molar-refractivity contribution in [3.8, 4) is 5.75 Å². The first-order valence-corrected chi connectivity index (χ1v) is 6.69. The van der Waals surface area contributed by atoms with Gasteiger partial charge in [-0.25, -0.2) is 4.98 Å². The normalized spacial score (nSPS) is 11.0. The molecule has 0 spiro atoms. The molecule has 6 nitrogen and oxygen atoms in total. The van der Waals surface area contributed by atoms with Gasteiger partial charge in [-0.2, -0.15) is 5.10 Å². The van der Waals surface area contributed by atoms with Crippen LogP contribution in [0.4, 0.5) is 5.82 Å². The Morgan fingerprint density at radius 1 is 1.18 bits per heavy atom. The molecule has 0 saturated carbocycles. The highest BCUT2D eigenvalue weighted by molar-refractivity contribution is 5.84. The Hall–Kier alpha value is -3.15. The number of H-pyrrole nitrogens is 1. The predicted molar refractivity (Wildman–Crippen MR) is 86.6 cm³/mol. The van der Waals surface area contributed by atoms with Gasteiger partial charge >= 0.3 is 0 Å². The number of hydrogen-bond donors (Lipinski definition) is 2. The molecule has 0 aliphatic carbocycles. The molecule has 0 unspecified atom stereocenters. The van der Waals surface area contributed by atoms with Crippen molar-refractivity contribution in [2.24, 2.45) is 5.10 Å². The predicted octanol–water partition coefficient (Wildman–Crippen LogP) is 2.38. The second kappa shape index (κ2) is 6.09. The van der Waals surface area contributed by atoms with Gasteiger partial charge < -0.3 is 9.72 Å². The van der Waals surface area contributed by atoms with Crippen molar-refractivity contribution < 1.29 is 4.74 Å². The summed E-state index contributed by atoms with van der Waals surface area (Å²) in [6, 6.07) is 14.8. The highest BCUT2D eigenvalue weighted by atomic mass is 16.5. The minimum Gasteiger partial charge on any atom is -0.496 e. The minimum atomic E-state index is -0.323. The van der Waals surface area contributed by atoms with E-state index in [1.165, 1.54) is 0 Å². The number of aromatic nitrogens is 2. The molecule has 2 aromatic carbocycles. The summed E-state index contributed by atoms with van der Waals surface area (Å²) in [6.45, 7) is 0. The smallest absolute Gasteiger partial charge is 0.293 e. The molecule has 3 rings (SSSR count). The van der Waals surface area contributed by atoms with Gasteiger partial charge in [0, 0.05) is 5.56 Å². The van der Waals surface area contributed by atoms with Gasteiger partial charge in [0.05, 0.1) is 24.4 Å². The second-order valence-electron chi connectivity index (χ2n) is 4.54. The van der Waals surface area contributed by atoms with E-state index in [1.54, 1.807) is 19.4 Å². The number of aromatic amines is 1. The quantitative estimate of drug-likeness (QED) is 0.572. The first kappa shape index (κ1) is 13.8. The van der Waals surface area contributed by atoms with Gasteiger partial charge in [-0.15, -0.1) is 0 Å². The Morgan fingerprint density at radius 3 is 2.82 bits per heavy atom. The highest BCUT2D eigenvalue weighted by Gasteiger charge is 2.03. The van der Waals surface area contributed by atoms with Gasteiger partial charge in [0.25, 0.3) is 5.56 Å². The van der Waals surface area contributed by atoms with Crippen molar-refractivity contribution in [2.75, 3.05) is 12.5 Å². The van der Waals surface area contributed by atoms with Gasteiger partial charge in [0.2, 0.25) is 5.82 Å². The Kier molecular flexibility index (Phi) is 3.82. The summed E-state index contributed by atoms with van der Waals surface area (Å²) in [5, 5.41) is 4.05. The summed E-state index contributed by atoms with van der Waals surface area (Å²) in [5.74, 6) is 0.846. The number of anilines is 1. The van der Waals surface area contributed by atoms with Crippen LogP contribution in [0.25, 0.3) is 11.0 Å². The van der Waals surface area contributed by atoms with Gasteiger partial charge in [0.1, 0.15) is 5.75 Å². The van der Waals surface area contributed by atoms with Crippen LogP contribution in [0, 0.1) is 0 Å². The maximum atomic E-state index is 11.9. The zero-order valence-electron chi connectivity index (χ0n) is 11.9. The minimum absolute atomic E-state index is 0.143. The molecule has 3 aromatic rings. The van der Waals surface area contributed by atoms with Crippen LogP contribution in [0.1, 0.15) is 5.56 Å². The average molecular weight is 294 g/mol. The number of para-hydroxylation sites is 3. The number of fused-ring (bicyclic) bond motifs is 1. The van der Waals surface area contributed by atoms with E-state index in [4.69, 9.17) is 4.74 Å². The average Bonchev–Trinajstić information content (AvgIpc) is 2.55. The van der Waals surface area contributed by atoms with Crippen LogP contribution in [-0.4, -0.2) is 23.3 Å². The first-order valence-electron chi connectivity index (χ1n) is 6.69. The van der Waals surface area contributed by atoms with E-state index in [0.717, 1.165) is 5.56 Å². The van der Waals surface area contributed by atoms with Gasteiger partial charge in [-0.05, 0) is 24.3 Å². The number of rotatable bonds is 4. The lowest BCUT2D eigenvalue weighted by atomic mass is 10.2. The number of benzene rings is 2. The topological polar surface area (TPSA) is 79.4 Å². The fourth-order valence-corrected chi connectivity index (χ4v) is 2.04. The van der Waals surface area contributed by atoms with Crippen LogP contribution in [0.15, 0.2) is 58.4 Å². The van der Waals surface area contributed by atoms with Crippen LogP contribution in [0.5, 0.6) is 5.75 Å². The SMILES string of the molecule is COc1ccccc1/C=N/Nc1nc2ccccc2[nH]c1=O. The zero-order chi connectivity index (χ0) is 15.4. The molecule has 1 aromatic heterocycles. The van der Waals surface area contributed by atoms with Crippen LogP contribution in [0.2, 0.25) is 0 Å². The summed E-state index contributed by atoms with van der Waals surface area (Å²) >= 11 is 0. The van der Waals surface area contributed by atoms with E-state index < -0.39 is 0 Å². The highest BCUT2D eigenvalue weighted by Crippen LogP contribution is 2.14. The third-order valence-electron chi connectivity index (χ3n) is 3.11. The second-order valence-corrected chi connectivity index (χ2v) is 4.54. The molecule has 0 saturated heterocycles.